The molecular weight excluding hydrogens is 1070 g/mol. The highest BCUT2D eigenvalue weighted by molar-refractivity contribution is 7.45. The maximum Gasteiger partial charge on any atom is 0.306 e. The maximum atomic E-state index is 13.6. The van der Waals surface area contributed by atoms with E-state index in [0.717, 1.165) is 103 Å². The van der Waals surface area contributed by atoms with Crippen LogP contribution in [-0.2, 0) is 27.9 Å². The second-order valence-electron chi connectivity index (χ2n) is 25.4. The number of carbonyl (C=O) groups is 2. The summed E-state index contributed by atoms with van der Waals surface area (Å²) in [5.41, 5.74) is 0. The third kappa shape index (κ3) is 65.5. The Labute approximate surface area is 526 Å². The number of hydrogen-bond donors (Lipinski definition) is 1. The number of esters is 1. The first-order chi connectivity index (χ1) is 41.4. The van der Waals surface area contributed by atoms with E-state index in [1.165, 1.54) is 186 Å². The van der Waals surface area contributed by atoms with E-state index in [1.54, 1.807) is 0 Å². The molecule has 0 aromatic rings. The first kappa shape index (κ1) is 82.2. The Kier molecular flexibility index (Phi) is 62.1. The van der Waals surface area contributed by atoms with Crippen LogP contribution in [0.4, 0.5) is 0 Å². The number of quaternary nitrogens is 1. The zero-order chi connectivity index (χ0) is 62.1. The number of amides is 1. The number of nitrogens with one attached hydrogen (secondary N) is 1. The molecule has 0 fully saturated rings. The Morgan fingerprint density at radius 1 is 0.424 bits per heavy atom. The van der Waals surface area contributed by atoms with Crippen LogP contribution < -0.4 is 10.2 Å². The van der Waals surface area contributed by atoms with Gasteiger partial charge in [0.05, 0.1) is 33.8 Å². The van der Waals surface area contributed by atoms with Crippen LogP contribution in [0.5, 0.6) is 0 Å². The van der Waals surface area contributed by atoms with Crippen molar-refractivity contribution in [2.45, 2.75) is 341 Å². The fourth-order valence-corrected chi connectivity index (χ4v) is 11.1. The largest absolute Gasteiger partial charge is 0.756 e. The van der Waals surface area contributed by atoms with Gasteiger partial charge in [-0.1, -0.05) is 318 Å². The molecule has 0 aliphatic carbocycles. The van der Waals surface area contributed by atoms with Gasteiger partial charge in [-0.05, 0) is 83.1 Å². The van der Waals surface area contributed by atoms with Crippen LogP contribution in [0.1, 0.15) is 329 Å². The van der Waals surface area contributed by atoms with Crippen LogP contribution >= 0.6 is 7.82 Å². The Morgan fingerprint density at radius 3 is 1.13 bits per heavy atom. The molecule has 0 bridgehead atoms. The number of unbranched alkanes of at least 4 members (excludes halogenated alkanes) is 37. The lowest BCUT2D eigenvalue weighted by Gasteiger charge is -2.30. The SMILES string of the molecule is CC/C=C\C/C=C\C/C=C\C/C=C\C/C=C\C/C=C\CCCCCCC(=O)OC(/C=C/CCCCCCCCCCC)C(COP(=O)([O-])OCC[N+](C)(C)C)NC(=O)CCCCCCCCCCCCCCCCCCCCCCCCCCC. The van der Waals surface area contributed by atoms with Gasteiger partial charge in [0, 0.05) is 12.8 Å². The molecule has 0 saturated carbocycles. The van der Waals surface area contributed by atoms with Crippen LogP contribution in [0.3, 0.4) is 0 Å². The number of nitrogens with zero attached hydrogens (tertiary/aromatic N) is 1. The molecule has 0 aromatic heterocycles. The van der Waals surface area contributed by atoms with Crippen molar-refractivity contribution < 1.29 is 37.3 Å². The number of hydrogen-bond acceptors (Lipinski definition) is 7. The molecule has 3 unspecified atom stereocenters. The highest BCUT2D eigenvalue weighted by Crippen LogP contribution is 2.38. The van der Waals surface area contributed by atoms with Crippen molar-refractivity contribution >= 4 is 19.7 Å². The van der Waals surface area contributed by atoms with Gasteiger partial charge in [-0.2, -0.15) is 0 Å². The van der Waals surface area contributed by atoms with Crippen molar-refractivity contribution in [1.82, 2.24) is 5.32 Å². The van der Waals surface area contributed by atoms with E-state index < -0.39 is 26.6 Å². The lowest BCUT2D eigenvalue weighted by molar-refractivity contribution is -0.870. The summed E-state index contributed by atoms with van der Waals surface area (Å²) in [6.45, 7) is 6.74. The molecule has 10 heteroatoms. The van der Waals surface area contributed by atoms with Gasteiger partial charge in [0.15, 0.2) is 0 Å². The lowest BCUT2D eigenvalue weighted by Crippen LogP contribution is -2.47. The van der Waals surface area contributed by atoms with Crippen LogP contribution in [0.15, 0.2) is 85.1 Å². The topological polar surface area (TPSA) is 114 Å². The minimum Gasteiger partial charge on any atom is -0.756 e. The molecule has 0 aliphatic heterocycles. The summed E-state index contributed by atoms with van der Waals surface area (Å²) < 4.78 is 30.4. The number of allylic oxidation sites excluding steroid dienone is 13. The molecule has 9 nitrogen and oxygen atoms in total. The van der Waals surface area contributed by atoms with Crippen molar-refractivity contribution in [3.63, 3.8) is 0 Å². The fourth-order valence-electron chi connectivity index (χ4n) is 10.4. The highest BCUT2D eigenvalue weighted by Gasteiger charge is 2.27. The summed E-state index contributed by atoms with van der Waals surface area (Å²) in [5, 5.41) is 3.04. The first-order valence-corrected chi connectivity index (χ1v) is 37.4. The molecule has 0 rings (SSSR count). The average Bonchev–Trinajstić information content (AvgIpc) is 3.62. The second kappa shape index (κ2) is 64.2. The number of phosphoric ester groups is 1. The van der Waals surface area contributed by atoms with Crippen LogP contribution in [0.25, 0.3) is 0 Å². The summed E-state index contributed by atoms with van der Waals surface area (Å²) in [6, 6.07) is -0.902. The standard InChI is InChI=1S/C75H137N2O7P/c1-7-10-13-16-19-22-25-27-29-31-33-35-37-38-40-41-43-45-47-49-52-55-58-61-64-67-74(78)76-72(71-83-85(80,81)82-70-69-77(4,5)6)73(66-63-60-57-54-51-24-21-18-15-12-9-3)84-75(79)68-65-62-59-56-53-50-48-46-44-42-39-36-34-32-30-28-26-23-20-17-14-11-8-2/h11,14,20,23,28,30,34,36,42,44,48,50,63,66,72-73H,7-10,12-13,15-19,21-22,24-27,29,31-33,35,37-41,43,45-47,49,51-62,64-65,67-71H2,1-6H3,(H-,76,78,80,81)/b14-11-,23-20-,30-28-,36-34-,44-42-,50-48-,66-63+. The minimum atomic E-state index is -4.71. The molecule has 3 atom stereocenters. The van der Waals surface area contributed by atoms with Gasteiger partial charge in [0.2, 0.25) is 5.91 Å². The molecule has 0 spiro atoms. The predicted octanol–water partition coefficient (Wildman–Crippen LogP) is 22.3. The van der Waals surface area contributed by atoms with Gasteiger partial charge >= 0.3 is 5.97 Å². The first-order valence-electron chi connectivity index (χ1n) is 35.9. The van der Waals surface area contributed by atoms with E-state index in [1.807, 2.05) is 33.3 Å². The number of rotatable bonds is 65. The number of ether oxygens (including phenoxy) is 1. The van der Waals surface area contributed by atoms with E-state index in [-0.39, 0.29) is 24.9 Å². The number of phosphoric acid groups is 1. The molecule has 1 amide bonds. The van der Waals surface area contributed by atoms with Crippen LogP contribution in [0, 0.1) is 0 Å². The summed E-state index contributed by atoms with van der Waals surface area (Å²) >= 11 is 0. The Bertz CT molecular complexity index is 1730. The molecule has 85 heavy (non-hydrogen) atoms. The third-order valence-corrected chi connectivity index (χ3v) is 16.8. The molecule has 0 radical (unpaired) electrons. The monoisotopic (exact) mass is 1210 g/mol. The van der Waals surface area contributed by atoms with Gasteiger partial charge in [0.1, 0.15) is 19.3 Å². The lowest BCUT2D eigenvalue weighted by atomic mass is 10.0. The second-order valence-corrected chi connectivity index (χ2v) is 26.8. The van der Waals surface area contributed by atoms with Crippen molar-refractivity contribution in [1.29, 1.82) is 0 Å². The number of carbonyl (C=O) groups excluding carboxylic acids is 2. The molecule has 0 aliphatic rings. The van der Waals surface area contributed by atoms with E-state index in [4.69, 9.17) is 13.8 Å². The van der Waals surface area contributed by atoms with E-state index >= 15 is 0 Å². The van der Waals surface area contributed by atoms with E-state index in [0.29, 0.717) is 23.9 Å². The molecule has 0 saturated heterocycles. The summed E-state index contributed by atoms with van der Waals surface area (Å²) in [4.78, 5) is 40.2. The van der Waals surface area contributed by atoms with Crippen LogP contribution in [0.2, 0.25) is 0 Å². The summed E-state index contributed by atoms with van der Waals surface area (Å²) in [5.74, 6) is -0.562. The number of likely N-dealkylation sites (N-methyl/N-ethyl adjacent to an activating group) is 1. The molecule has 0 aromatic carbocycles. The molecule has 1 N–H and O–H groups in total. The summed E-state index contributed by atoms with van der Waals surface area (Å²) in [6.07, 6.45) is 85.7. The Balaban J connectivity index is 5.05. The molecule has 0 heterocycles. The summed E-state index contributed by atoms with van der Waals surface area (Å²) in [7, 11) is 1.17. The van der Waals surface area contributed by atoms with Gasteiger partial charge in [-0.15, -0.1) is 0 Å². The Hall–Kier alpha value is -2.81. The average molecular weight is 1210 g/mol. The van der Waals surface area contributed by atoms with Crippen molar-refractivity contribution in [3.8, 4) is 0 Å². The van der Waals surface area contributed by atoms with Crippen LogP contribution in [-0.4, -0.2) is 69.4 Å². The normalized spacial score (nSPS) is 14.0. The minimum absolute atomic E-state index is 0.0284. The highest BCUT2D eigenvalue weighted by atomic mass is 31.2. The predicted molar refractivity (Wildman–Crippen MR) is 367 cm³/mol. The van der Waals surface area contributed by atoms with Crippen molar-refractivity contribution in [2.24, 2.45) is 0 Å². The van der Waals surface area contributed by atoms with Gasteiger partial charge in [-0.25, -0.2) is 0 Å². The van der Waals surface area contributed by atoms with Gasteiger partial charge in [0.25, 0.3) is 7.82 Å². The quantitative estimate of drug-likeness (QED) is 0.0212. The zero-order valence-electron chi connectivity index (χ0n) is 56.6. The smallest absolute Gasteiger partial charge is 0.306 e. The molecular formula is C75H137N2O7P. The Morgan fingerprint density at radius 2 is 0.753 bits per heavy atom. The van der Waals surface area contributed by atoms with Crippen molar-refractivity contribution in [2.75, 3.05) is 40.9 Å². The van der Waals surface area contributed by atoms with Crippen molar-refractivity contribution in [3.05, 3.63) is 85.1 Å². The fraction of sp³-hybridized carbons (Fsp3) is 0.787. The van der Waals surface area contributed by atoms with Gasteiger partial charge < -0.3 is 28.5 Å². The maximum absolute atomic E-state index is 13.6. The van der Waals surface area contributed by atoms with E-state index in [2.05, 4.69) is 99.0 Å². The molecule has 494 valence electrons. The third-order valence-electron chi connectivity index (χ3n) is 15.8. The van der Waals surface area contributed by atoms with Gasteiger partial charge in [-0.3, -0.25) is 14.2 Å². The van der Waals surface area contributed by atoms with E-state index in [9.17, 15) is 19.0 Å². The zero-order valence-corrected chi connectivity index (χ0v) is 57.4.